The van der Waals surface area contributed by atoms with Gasteiger partial charge in [-0.25, -0.2) is 0 Å². The molecule has 0 saturated heterocycles. The smallest absolute Gasteiger partial charge is 0.303 e. The fourth-order valence-electron chi connectivity index (χ4n) is 2.96. The zero-order valence-corrected chi connectivity index (χ0v) is 16.8. The Kier molecular flexibility index (Phi) is 8.22. The summed E-state index contributed by atoms with van der Waals surface area (Å²) >= 11 is 1.63. The van der Waals surface area contributed by atoms with Crippen LogP contribution < -0.4 is 0 Å². The van der Waals surface area contributed by atoms with Crippen LogP contribution in [0.5, 0.6) is 0 Å². The van der Waals surface area contributed by atoms with Crippen LogP contribution in [0.25, 0.3) is 10.1 Å². The number of carbonyl (C=O) groups is 2. The third kappa shape index (κ3) is 5.76. The third-order valence-electron chi connectivity index (χ3n) is 4.32. The van der Waals surface area contributed by atoms with Crippen molar-refractivity contribution in [1.29, 1.82) is 0 Å². The molecule has 0 spiro atoms. The van der Waals surface area contributed by atoms with Gasteiger partial charge in [-0.05, 0) is 43.2 Å². The van der Waals surface area contributed by atoms with Crippen LogP contribution in [0, 0.1) is 0 Å². The Hall–Kier alpha value is -1.96. The van der Waals surface area contributed by atoms with E-state index >= 15 is 0 Å². The molecule has 0 aliphatic heterocycles. The molecule has 27 heavy (non-hydrogen) atoms. The third-order valence-corrected chi connectivity index (χ3v) is 5.33. The highest BCUT2D eigenvalue weighted by Gasteiger charge is 2.29. The van der Waals surface area contributed by atoms with Gasteiger partial charge in [-0.3, -0.25) is 9.59 Å². The molecule has 0 unspecified atom stereocenters. The minimum absolute atomic E-state index is 0.0489. The number of aliphatic carboxylic acids is 1. The molecule has 1 atom stereocenters. The van der Waals surface area contributed by atoms with Crippen LogP contribution in [0.4, 0.5) is 0 Å². The Morgan fingerprint density at radius 2 is 1.81 bits per heavy atom. The number of hydrogen-bond donors (Lipinski definition) is 1. The average molecular weight is 394 g/mol. The number of fused-ring (bicyclic) bond motifs is 1. The molecule has 0 saturated carbocycles. The summed E-state index contributed by atoms with van der Waals surface area (Å²) in [5.41, 5.74) is 1.04. The number of hydrogen-bond acceptors (Lipinski definition) is 5. The van der Waals surface area contributed by atoms with Crippen molar-refractivity contribution >= 4 is 33.3 Å². The van der Waals surface area contributed by atoms with Gasteiger partial charge in [-0.1, -0.05) is 18.2 Å². The van der Waals surface area contributed by atoms with Crippen molar-refractivity contribution in [3.63, 3.8) is 0 Å². The second-order valence-electron chi connectivity index (χ2n) is 6.19. The van der Waals surface area contributed by atoms with E-state index in [1.807, 2.05) is 50.4 Å². The topological polar surface area (TPSA) is 76.1 Å². The summed E-state index contributed by atoms with van der Waals surface area (Å²) < 4.78 is 12.5. The number of carbonyl (C=O) groups excluding carboxylic acids is 1. The summed E-state index contributed by atoms with van der Waals surface area (Å²) in [6, 6.07) is 7.70. The van der Waals surface area contributed by atoms with Gasteiger partial charge in [0.15, 0.2) is 6.29 Å². The quantitative estimate of drug-likeness (QED) is 0.586. The van der Waals surface area contributed by atoms with E-state index in [1.165, 1.54) is 0 Å². The van der Waals surface area contributed by atoms with E-state index in [4.69, 9.17) is 14.6 Å². The molecule has 1 N–H and O–H groups in total. The van der Waals surface area contributed by atoms with E-state index in [2.05, 4.69) is 0 Å². The van der Waals surface area contributed by atoms with E-state index in [0.717, 1.165) is 15.6 Å². The van der Waals surface area contributed by atoms with Crippen LogP contribution >= 0.6 is 11.3 Å². The van der Waals surface area contributed by atoms with Crippen LogP contribution in [-0.2, 0) is 25.6 Å². The molecule has 0 bridgehead atoms. The summed E-state index contributed by atoms with van der Waals surface area (Å²) in [7, 11) is 0. The van der Waals surface area contributed by atoms with Gasteiger partial charge in [0.25, 0.3) is 0 Å². The second-order valence-corrected chi connectivity index (χ2v) is 7.10. The van der Waals surface area contributed by atoms with Gasteiger partial charge >= 0.3 is 5.97 Å². The normalized spacial score (nSPS) is 12.4. The van der Waals surface area contributed by atoms with E-state index < -0.39 is 12.3 Å². The number of rotatable bonds is 11. The van der Waals surface area contributed by atoms with E-state index in [1.54, 1.807) is 16.2 Å². The van der Waals surface area contributed by atoms with Crippen LogP contribution in [0.15, 0.2) is 29.6 Å². The largest absolute Gasteiger partial charge is 0.481 e. The highest BCUT2D eigenvalue weighted by Crippen LogP contribution is 2.28. The van der Waals surface area contributed by atoms with Crippen molar-refractivity contribution in [2.45, 2.75) is 52.5 Å². The minimum Gasteiger partial charge on any atom is -0.481 e. The number of amides is 1. The summed E-state index contributed by atoms with van der Waals surface area (Å²) in [6.45, 7) is 6.95. The highest BCUT2D eigenvalue weighted by molar-refractivity contribution is 7.17. The number of thiophene rings is 1. The van der Waals surface area contributed by atoms with Crippen LogP contribution in [-0.4, -0.2) is 47.4 Å². The van der Waals surface area contributed by atoms with Gasteiger partial charge < -0.3 is 19.5 Å². The van der Waals surface area contributed by atoms with Crippen molar-refractivity contribution in [2.75, 3.05) is 13.2 Å². The van der Waals surface area contributed by atoms with Gasteiger partial charge in [-0.15, -0.1) is 11.3 Å². The predicted octanol–water partition coefficient (Wildman–Crippen LogP) is 3.88. The molecule has 0 radical (unpaired) electrons. The zero-order chi connectivity index (χ0) is 19.8. The fraction of sp³-hybridized carbons (Fsp3) is 0.500. The molecule has 0 fully saturated rings. The van der Waals surface area contributed by atoms with Crippen LogP contribution in [0.2, 0.25) is 0 Å². The van der Waals surface area contributed by atoms with Crippen molar-refractivity contribution in [3.05, 3.63) is 35.2 Å². The number of carboxylic acids is 1. The van der Waals surface area contributed by atoms with Crippen LogP contribution in [0.1, 0.15) is 39.2 Å². The maximum absolute atomic E-state index is 12.8. The van der Waals surface area contributed by atoms with Gasteiger partial charge in [0, 0.05) is 30.9 Å². The molecule has 7 heteroatoms. The molecular weight excluding hydrogens is 366 g/mol. The Labute approximate surface area is 163 Å². The standard InChI is InChI=1S/C20H27NO5S/c1-4-25-20(26-5-2)14(3)21(18(22)10-11-19(23)24)12-15-13-27-17-9-7-6-8-16(15)17/h6-9,13-14,20H,4-5,10-12H2,1-3H3,(H,23,24)/t14-/m0/s1. The second kappa shape index (κ2) is 10.4. The summed E-state index contributed by atoms with van der Waals surface area (Å²) in [5.74, 6) is -1.20. The summed E-state index contributed by atoms with van der Waals surface area (Å²) in [5, 5.41) is 12.1. The number of benzene rings is 1. The van der Waals surface area contributed by atoms with Gasteiger partial charge in [0.2, 0.25) is 5.91 Å². The number of nitrogens with zero attached hydrogens (tertiary/aromatic N) is 1. The average Bonchev–Trinajstić information content (AvgIpc) is 3.06. The lowest BCUT2D eigenvalue weighted by Crippen LogP contribution is -2.47. The minimum atomic E-state index is -0.983. The maximum Gasteiger partial charge on any atom is 0.303 e. The first-order chi connectivity index (χ1) is 13.0. The lowest BCUT2D eigenvalue weighted by atomic mass is 10.1. The van der Waals surface area contributed by atoms with Crippen molar-refractivity contribution < 1.29 is 24.2 Å². The van der Waals surface area contributed by atoms with Gasteiger partial charge in [-0.2, -0.15) is 0 Å². The molecule has 1 amide bonds. The zero-order valence-electron chi connectivity index (χ0n) is 16.0. The van der Waals surface area contributed by atoms with E-state index in [0.29, 0.717) is 19.8 Å². The molecule has 6 nitrogen and oxygen atoms in total. The molecule has 0 aliphatic carbocycles. The molecule has 0 aliphatic rings. The highest BCUT2D eigenvalue weighted by atomic mass is 32.1. The number of carboxylic acid groups (broad SMARTS) is 1. The van der Waals surface area contributed by atoms with E-state index in [-0.39, 0.29) is 24.8 Å². The molecule has 1 heterocycles. The fourth-order valence-corrected chi connectivity index (χ4v) is 3.91. The summed E-state index contributed by atoms with van der Waals surface area (Å²) in [6.07, 6.45) is -0.800. The first kappa shape index (κ1) is 21.3. The monoisotopic (exact) mass is 393 g/mol. The maximum atomic E-state index is 12.8. The molecule has 2 aromatic rings. The molecular formula is C20H27NO5S. The number of ether oxygens (including phenoxy) is 2. The Balaban J connectivity index is 2.27. The van der Waals surface area contributed by atoms with Gasteiger partial charge in [0.05, 0.1) is 12.5 Å². The van der Waals surface area contributed by atoms with Crippen molar-refractivity contribution in [2.24, 2.45) is 0 Å². The molecule has 1 aromatic carbocycles. The van der Waals surface area contributed by atoms with Crippen molar-refractivity contribution in [3.8, 4) is 0 Å². The summed E-state index contributed by atoms with van der Waals surface area (Å²) in [4.78, 5) is 25.4. The SMILES string of the molecule is CCOC(OCC)[C@H](C)N(Cc1csc2ccccc12)C(=O)CCC(=O)O. The lowest BCUT2D eigenvalue weighted by Gasteiger charge is -2.34. The first-order valence-corrected chi connectivity index (χ1v) is 10.0. The Morgan fingerprint density at radius 1 is 1.15 bits per heavy atom. The molecule has 148 valence electrons. The Morgan fingerprint density at radius 3 is 2.44 bits per heavy atom. The Bertz CT molecular complexity index is 754. The predicted molar refractivity (Wildman–Crippen MR) is 106 cm³/mol. The molecule has 2 rings (SSSR count). The van der Waals surface area contributed by atoms with Gasteiger partial charge in [0.1, 0.15) is 0 Å². The van der Waals surface area contributed by atoms with Crippen molar-refractivity contribution in [1.82, 2.24) is 4.90 Å². The van der Waals surface area contributed by atoms with Crippen LogP contribution in [0.3, 0.4) is 0 Å². The first-order valence-electron chi connectivity index (χ1n) is 9.17. The molecule has 1 aromatic heterocycles. The lowest BCUT2D eigenvalue weighted by molar-refractivity contribution is -0.179. The van der Waals surface area contributed by atoms with E-state index in [9.17, 15) is 9.59 Å².